The fourth-order valence-electron chi connectivity index (χ4n) is 3.97. The van der Waals surface area contributed by atoms with E-state index in [1.54, 1.807) is 0 Å². The molecule has 70 valence electrons. The van der Waals surface area contributed by atoms with Crippen LogP contribution in [0.15, 0.2) is 0 Å². The Morgan fingerprint density at radius 1 is 1.00 bits per heavy atom. The molecule has 1 nitrogen and oxygen atoms in total. The van der Waals surface area contributed by atoms with Gasteiger partial charge in [0.2, 0.25) is 0 Å². The Labute approximate surface area is 75.2 Å². The second kappa shape index (κ2) is 2.06. The Bertz CT molecular complexity index is 197. The van der Waals surface area contributed by atoms with Gasteiger partial charge in [-0.1, -0.05) is 27.7 Å². The minimum absolute atomic E-state index is 0.0637. The molecule has 0 radical (unpaired) electrons. The summed E-state index contributed by atoms with van der Waals surface area (Å²) in [5.74, 6) is 1.28. The van der Waals surface area contributed by atoms with Crippen molar-refractivity contribution in [3.63, 3.8) is 0 Å². The zero-order valence-electron chi connectivity index (χ0n) is 8.59. The van der Waals surface area contributed by atoms with Crippen LogP contribution in [0.1, 0.15) is 40.5 Å². The van der Waals surface area contributed by atoms with Crippen LogP contribution in [0, 0.1) is 22.7 Å². The number of hydrogen-bond acceptors (Lipinski definition) is 1. The van der Waals surface area contributed by atoms with Gasteiger partial charge in [0.1, 0.15) is 0 Å². The smallest absolute Gasteiger partial charge is 0.0627 e. The summed E-state index contributed by atoms with van der Waals surface area (Å²) in [6.07, 6.45) is 2.50. The molecule has 0 aromatic heterocycles. The monoisotopic (exact) mass is 168 g/mol. The van der Waals surface area contributed by atoms with Gasteiger partial charge in [0.05, 0.1) is 6.10 Å². The Morgan fingerprint density at radius 2 is 1.58 bits per heavy atom. The zero-order chi connectivity index (χ0) is 9.15. The lowest BCUT2D eigenvalue weighted by molar-refractivity contribution is 0.00413. The van der Waals surface area contributed by atoms with E-state index in [0.29, 0.717) is 11.3 Å². The van der Waals surface area contributed by atoms with Gasteiger partial charge in [-0.25, -0.2) is 0 Å². The van der Waals surface area contributed by atoms with Crippen LogP contribution in [0.2, 0.25) is 0 Å². The van der Waals surface area contributed by atoms with Gasteiger partial charge in [-0.15, -0.1) is 0 Å². The van der Waals surface area contributed by atoms with Crippen LogP contribution in [0.4, 0.5) is 0 Å². The Morgan fingerprint density at radius 3 is 1.83 bits per heavy atom. The molecule has 2 aliphatic rings. The van der Waals surface area contributed by atoms with Crippen molar-refractivity contribution in [3.05, 3.63) is 0 Å². The van der Waals surface area contributed by atoms with Crippen LogP contribution < -0.4 is 0 Å². The highest BCUT2D eigenvalue weighted by molar-refractivity contribution is 5.11. The molecule has 0 aromatic rings. The quantitative estimate of drug-likeness (QED) is 0.589. The molecule has 2 rings (SSSR count). The summed E-state index contributed by atoms with van der Waals surface area (Å²) in [4.78, 5) is 0. The van der Waals surface area contributed by atoms with Crippen molar-refractivity contribution in [2.24, 2.45) is 22.7 Å². The molecule has 0 aromatic carbocycles. The second-order valence-corrected chi connectivity index (χ2v) is 5.82. The number of fused-ring (bicyclic) bond motifs is 2. The Hall–Kier alpha value is -0.0400. The average molecular weight is 168 g/mol. The van der Waals surface area contributed by atoms with Gasteiger partial charge in [0.15, 0.2) is 0 Å². The summed E-state index contributed by atoms with van der Waals surface area (Å²) in [6, 6.07) is 0. The van der Waals surface area contributed by atoms with Crippen molar-refractivity contribution in [1.82, 2.24) is 0 Å². The van der Waals surface area contributed by atoms with Crippen molar-refractivity contribution >= 4 is 0 Å². The van der Waals surface area contributed by atoms with Gasteiger partial charge >= 0.3 is 0 Å². The summed E-state index contributed by atoms with van der Waals surface area (Å²) in [5.41, 5.74) is 0.537. The third kappa shape index (κ3) is 0.736. The van der Waals surface area contributed by atoms with Crippen molar-refractivity contribution in [2.45, 2.75) is 46.6 Å². The summed E-state index contributed by atoms with van der Waals surface area (Å²) >= 11 is 0. The fourth-order valence-corrected chi connectivity index (χ4v) is 3.97. The van der Waals surface area contributed by atoms with Crippen LogP contribution in [-0.4, -0.2) is 11.2 Å². The molecule has 0 saturated heterocycles. The maximum absolute atomic E-state index is 10.1. The molecule has 1 N–H and O–H groups in total. The van der Waals surface area contributed by atoms with Crippen molar-refractivity contribution in [2.75, 3.05) is 0 Å². The molecule has 0 spiro atoms. The van der Waals surface area contributed by atoms with Gasteiger partial charge in [-0.05, 0) is 35.5 Å². The van der Waals surface area contributed by atoms with E-state index in [2.05, 4.69) is 27.7 Å². The number of hydrogen-bond donors (Lipinski definition) is 1. The SMILES string of the molecule is CC1(C)C(O)C2CCC1C2(C)C. The van der Waals surface area contributed by atoms with Crippen LogP contribution in [0.5, 0.6) is 0 Å². The predicted octanol–water partition coefficient (Wildman–Crippen LogP) is 2.44. The first-order valence-corrected chi connectivity index (χ1v) is 5.06. The molecule has 2 saturated carbocycles. The minimum Gasteiger partial charge on any atom is -0.392 e. The molecule has 0 heterocycles. The number of aliphatic hydroxyl groups is 1. The van der Waals surface area contributed by atoms with E-state index in [0.717, 1.165) is 5.92 Å². The van der Waals surface area contributed by atoms with Crippen LogP contribution in [0.25, 0.3) is 0 Å². The molecule has 3 unspecified atom stereocenters. The molecule has 1 heteroatoms. The number of rotatable bonds is 0. The third-order valence-electron chi connectivity index (χ3n) is 4.66. The Balaban J connectivity index is 2.40. The van der Waals surface area contributed by atoms with Crippen LogP contribution >= 0.6 is 0 Å². The Kier molecular flexibility index (Phi) is 1.47. The van der Waals surface area contributed by atoms with E-state index in [9.17, 15) is 5.11 Å². The van der Waals surface area contributed by atoms with E-state index in [4.69, 9.17) is 0 Å². The van der Waals surface area contributed by atoms with Crippen molar-refractivity contribution in [1.29, 1.82) is 0 Å². The lowest BCUT2D eigenvalue weighted by Crippen LogP contribution is -2.35. The van der Waals surface area contributed by atoms with Gasteiger partial charge in [-0.2, -0.15) is 0 Å². The van der Waals surface area contributed by atoms with Gasteiger partial charge in [0, 0.05) is 0 Å². The molecule has 0 amide bonds. The van der Waals surface area contributed by atoms with E-state index >= 15 is 0 Å². The highest BCUT2D eigenvalue weighted by Gasteiger charge is 2.62. The highest BCUT2D eigenvalue weighted by Crippen LogP contribution is 2.65. The lowest BCUT2D eigenvalue weighted by Gasteiger charge is -2.35. The molecule has 2 aliphatic carbocycles. The van der Waals surface area contributed by atoms with E-state index < -0.39 is 0 Å². The normalized spacial score (nSPS) is 48.2. The molecule has 3 atom stereocenters. The van der Waals surface area contributed by atoms with E-state index in [1.807, 2.05) is 0 Å². The fraction of sp³-hybridized carbons (Fsp3) is 1.00. The molecular weight excluding hydrogens is 148 g/mol. The maximum atomic E-state index is 10.1. The van der Waals surface area contributed by atoms with Crippen molar-refractivity contribution in [3.8, 4) is 0 Å². The molecule has 2 bridgehead atoms. The van der Waals surface area contributed by atoms with Gasteiger partial charge in [0.25, 0.3) is 0 Å². The highest BCUT2D eigenvalue weighted by atomic mass is 16.3. The number of aliphatic hydroxyl groups excluding tert-OH is 1. The largest absolute Gasteiger partial charge is 0.392 e. The first-order valence-electron chi connectivity index (χ1n) is 5.06. The van der Waals surface area contributed by atoms with E-state index in [1.165, 1.54) is 12.8 Å². The summed E-state index contributed by atoms with van der Waals surface area (Å²) < 4.78 is 0. The second-order valence-electron chi connectivity index (χ2n) is 5.82. The predicted molar refractivity (Wildman–Crippen MR) is 49.8 cm³/mol. The summed E-state index contributed by atoms with van der Waals surface area (Å²) in [7, 11) is 0. The minimum atomic E-state index is -0.0637. The van der Waals surface area contributed by atoms with Gasteiger partial charge in [-0.3, -0.25) is 0 Å². The summed E-state index contributed by atoms with van der Waals surface area (Å²) in [6.45, 7) is 9.10. The molecular formula is C11H20O. The first-order chi connectivity index (χ1) is 5.38. The van der Waals surface area contributed by atoms with Gasteiger partial charge < -0.3 is 5.11 Å². The lowest BCUT2D eigenvalue weighted by atomic mass is 9.72. The third-order valence-corrected chi connectivity index (χ3v) is 4.66. The summed E-state index contributed by atoms with van der Waals surface area (Å²) in [5, 5.41) is 10.1. The standard InChI is InChI=1S/C11H20O/c1-10(2)7-5-6-8(10)11(3,4)9(7)12/h7-9,12H,5-6H2,1-4H3. The molecule has 12 heavy (non-hydrogen) atoms. The topological polar surface area (TPSA) is 20.2 Å². The maximum Gasteiger partial charge on any atom is 0.0627 e. The van der Waals surface area contributed by atoms with Crippen LogP contribution in [-0.2, 0) is 0 Å². The van der Waals surface area contributed by atoms with E-state index in [-0.39, 0.29) is 11.5 Å². The molecule has 0 aliphatic heterocycles. The average Bonchev–Trinajstić information content (AvgIpc) is 2.27. The zero-order valence-corrected chi connectivity index (χ0v) is 8.59. The van der Waals surface area contributed by atoms with Crippen LogP contribution in [0.3, 0.4) is 0 Å². The molecule has 2 fully saturated rings. The first kappa shape index (κ1) is 8.55. The van der Waals surface area contributed by atoms with Crippen molar-refractivity contribution < 1.29 is 5.11 Å².